The van der Waals surface area contributed by atoms with E-state index in [0.29, 0.717) is 12.1 Å². The highest BCUT2D eigenvalue weighted by Crippen LogP contribution is 2.22. The van der Waals surface area contributed by atoms with Gasteiger partial charge < -0.3 is 9.88 Å². The maximum Gasteiger partial charge on any atom is 0.256 e. The minimum atomic E-state index is -0.236. The smallest absolute Gasteiger partial charge is 0.256 e. The Morgan fingerprint density at radius 1 is 1.37 bits per heavy atom. The van der Waals surface area contributed by atoms with Gasteiger partial charge in [0, 0.05) is 23.7 Å². The van der Waals surface area contributed by atoms with Crippen LogP contribution in [0.5, 0.6) is 0 Å². The molecule has 1 N–H and O–H groups in total. The Balaban J connectivity index is 2.47. The third-order valence-electron chi connectivity index (χ3n) is 3.18. The number of fused-ring (bicyclic) bond motifs is 1. The van der Waals surface area contributed by atoms with Crippen LogP contribution >= 0.6 is 0 Å². The molecule has 0 aliphatic rings. The number of H-pyrrole nitrogens is 1. The van der Waals surface area contributed by atoms with E-state index in [1.807, 2.05) is 56.1 Å². The summed E-state index contributed by atoms with van der Waals surface area (Å²) in [6.45, 7) is 10.4. The molecule has 0 saturated carbocycles. The average Bonchev–Trinajstić information content (AvgIpc) is 2.81. The summed E-state index contributed by atoms with van der Waals surface area (Å²) < 4.78 is 0. The predicted octanol–water partition coefficient (Wildman–Crippen LogP) is 3.59. The van der Waals surface area contributed by atoms with Gasteiger partial charge in [-0.15, -0.1) is 6.58 Å². The van der Waals surface area contributed by atoms with Gasteiger partial charge in [0.15, 0.2) is 0 Å². The lowest BCUT2D eigenvalue weighted by molar-refractivity contribution is 0.0618. The van der Waals surface area contributed by atoms with Gasteiger partial charge in [0.25, 0.3) is 5.91 Å². The van der Waals surface area contributed by atoms with E-state index in [0.717, 1.165) is 10.9 Å². The highest BCUT2D eigenvalue weighted by Gasteiger charge is 2.27. The normalized spacial score (nSPS) is 11.5. The Hall–Kier alpha value is -2.03. The van der Waals surface area contributed by atoms with E-state index < -0.39 is 0 Å². The third kappa shape index (κ3) is 2.55. The summed E-state index contributed by atoms with van der Waals surface area (Å²) in [6, 6.07) is 7.75. The van der Waals surface area contributed by atoms with Crippen molar-refractivity contribution in [2.45, 2.75) is 26.3 Å². The minimum absolute atomic E-state index is 0.0282. The van der Waals surface area contributed by atoms with E-state index in [1.54, 1.807) is 6.08 Å². The molecular weight excluding hydrogens is 236 g/mol. The predicted molar refractivity (Wildman–Crippen MR) is 79.3 cm³/mol. The van der Waals surface area contributed by atoms with E-state index in [-0.39, 0.29) is 11.4 Å². The van der Waals surface area contributed by atoms with Crippen molar-refractivity contribution < 1.29 is 4.79 Å². The standard InChI is InChI=1S/C16H20N2O/c1-5-11-18(16(2,3)4)15(19)13-8-6-7-12-9-10-17-14(12)13/h5-10,17H,1,11H2,2-4H3. The molecule has 2 rings (SSSR count). The first kappa shape index (κ1) is 13.4. The first-order chi connectivity index (χ1) is 8.95. The quantitative estimate of drug-likeness (QED) is 0.837. The van der Waals surface area contributed by atoms with Crippen LogP contribution in [-0.4, -0.2) is 27.9 Å². The molecule has 1 amide bonds. The van der Waals surface area contributed by atoms with Crippen LogP contribution in [0.3, 0.4) is 0 Å². The number of hydrogen-bond donors (Lipinski definition) is 1. The van der Waals surface area contributed by atoms with Crippen molar-refractivity contribution in [2.24, 2.45) is 0 Å². The first-order valence-electron chi connectivity index (χ1n) is 6.44. The Kier molecular flexibility index (Phi) is 3.47. The molecule has 0 radical (unpaired) electrons. The van der Waals surface area contributed by atoms with Gasteiger partial charge >= 0.3 is 0 Å². The maximum atomic E-state index is 12.8. The molecule has 0 aliphatic heterocycles. The molecule has 0 bridgehead atoms. The fraction of sp³-hybridized carbons (Fsp3) is 0.312. The fourth-order valence-electron chi connectivity index (χ4n) is 2.20. The summed E-state index contributed by atoms with van der Waals surface area (Å²) in [5.74, 6) is 0.0282. The third-order valence-corrected chi connectivity index (χ3v) is 3.18. The van der Waals surface area contributed by atoms with Gasteiger partial charge in [-0.3, -0.25) is 4.79 Å². The van der Waals surface area contributed by atoms with Crippen LogP contribution in [0.4, 0.5) is 0 Å². The summed E-state index contributed by atoms with van der Waals surface area (Å²) in [5, 5.41) is 1.05. The Morgan fingerprint density at radius 3 is 2.74 bits per heavy atom. The molecule has 2 aromatic rings. The lowest BCUT2D eigenvalue weighted by atomic mass is 10.0. The molecule has 0 fully saturated rings. The molecule has 0 unspecified atom stereocenters. The highest BCUT2D eigenvalue weighted by molar-refractivity contribution is 6.06. The summed E-state index contributed by atoms with van der Waals surface area (Å²) >= 11 is 0. The molecule has 100 valence electrons. The van der Waals surface area contributed by atoms with E-state index in [2.05, 4.69) is 11.6 Å². The summed E-state index contributed by atoms with van der Waals surface area (Å²) in [4.78, 5) is 17.7. The second-order valence-electron chi connectivity index (χ2n) is 5.62. The largest absolute Gasteiger partial charge is 0.361 e. The summed E-state index contributed by atoms with van der Waals surface area (Å²) in [6.07, 6.45) is 3.62. The van der Waals surface area contributed by atoms with Crippen molar-refractivity contribution in [3.63, 3.8) is 0 Å². The van der Waals surface area contributed by atoms with Gasteiger partial charge in [-0.1, -0.05) is 18.2 Å². The van der Waals surface area contributed by atoms with Crippen LogP contribution in [0.15, 0.2) is 43.1 Å². The number of para-hydroxylation sites is 1. The highest BCUT2D eigenvalue weighted by atomic mass is 16.2. The zero-order valence-electron chi connectivity index (χ0n) is 11.7. The number of nitrogens with zero attached hydrogens (tertiary/aromatic N) is 1. The summed E-state index contributed by atoms with van der Waals surface area (Å²) in [7, 11) is 0. The van der Waals surface area contributed by atoms with Gasteiger partial charge in [-0.25, -0.2) is 0 Å². The van der Waals surface area contributed by atoms with Crippen molar-refractivity contribution in [1.82, 2.24) is 9.88 Å². The zero-order chi connectivity index (χ0) is 14.0. The van der Waals surface area contributed by atoms with Crippen LogP contribution in [0.1, 0.15) is 31.1 Å². The van der Waals surface area contributed by atoms with Crippen LogP contribution in [-0.2, 0) is 0 Å². The molecule has 1 aromatic heterocycles. The van der Waals surface area contributed by atoms with Crippen LogP contribution in [0.25, 0.3) is 10.9 Å². The Morgan fingerprint density at radius 2 is 2.11 bits per heavy atom. The second-order valence-corrected chi connectivity index (χ2v) is 5.62. The number of hydrogen-bond acceptors (Lipinski definition) is 1. The van der Waals surface area contributed by atoms with Gasteiger partial charge in [0.05, 0.1) is 11.1 Å². The molecule has 1 heterocycles. The fourth-order valence-corrected chi connectivity index (χ4v) is 2.20. The molecule has 3 heteroatoms. The number of rotatable bonds is 3. The van der Waals surface area contributed by atoms with Crippen LogP contribution < -0.4 is 0 Å². The van der Waals surface area contributed by atoms with Crippen molar-refractivity contribution in [3.8, 4) is 0 Å². The minimum Gasteiger partial charge on any atom is -0.361 e. The van der Waals surface area contributed by atoms with E-state index >= 15 is 0 Å². The van der Waals surface area contributed by atoms with Crippen LogP contribution in [0, 0.1) is 0 Å². The second kappa shape index (κ2) is 4.92. The SMILES string of the molecule is C=CCN(C(=O)c1cccc2cc[nH]c12)C(C)(C)C. The number of carbonyl (C=O) groups is 1. The lowest BCUT2D eigenvalue weighted by Crippen LogP contribution is -2.45. The van der Waals surface area contributed by atoms with Gasteiger partial charge in [-0.05, 0) is 32.9 Å². The molecule has 19 heavy (non-hydrogen) atoms. The number of carbonyl (C=O) groups excluding carboxylic acids is 1. The molecule has 0 aliphatic carbocycles. The number of nitrogens with one attached hydrogen (secondary N) is 1. The maximum absolute atomic E-state index is 12.8. The molecule has 3 nitrogen and oxygen atoms in total. The lowest BCUT2D eigenvalue weighted by Gasteiger charge is -2.35. The number of aromatic amines is 1. The zero-order valence-corrected chi connectivity index (χ0v) is 11.7. The Bertz CT molecular complexity index is 604. The summed E-state index contributed by atoms with van der Waals surface area (Å²) in [5.41, 5.74) is 1.37. The van der Waals surface area contributed by atoms with Crippen LogP contribution in [0.2, 0.25) is 0 Å². The molecule has 1 aromatic carbocycles. The topological polar surface area (TPSA) is 36.1 Å². The first-order valence-corrected chi connectivity index (χ1v) is 6.44. The molecule has 0 atom stereocenters. The number of benzene rings is 1. The van der Waals surface area contributed by atoms with Crippen molar-refractivity contribution >= 4 is 16.8 Å². The van der Waals surface area contributed by atoms with E-state index in [1.165, 1.54) is 0 Å². The van der Waals surface area contributed by atoms with Crippen molar-refractivity contribution in [1.29, 1.82) is 0 Å². The molecule has 0 spiro atoms. The van der Waals surface area contributed by atoms with Crippen molar-refractivity contribution in [3.05, 3.63) is 48.7 Å². The van der Waals surface area contributed by atoms with Crippen molar-refractivity contribution in [2.75, 3.05) is 6.54 Å². The van der Waals surface area contributed by atoms with Gasteiger partial charge in [0.2, 0.25) is 0 Å². The van der Waals surface area contributed by atoms with Gasteiger partial charge in [-0.2, -0.15) is 0 Å². The average molecular weight is 256 g/mol. The van der Waals surface area contributed by atoms with Gasteiger partial charge in [0.1, 0.15) is 0 Å². The Labute approximate surface area is 113 Å². The van der Waals surface area contributed by atoms with E-state index in [9.17, 15) is 4.79 Å². The van der Waals surface area contributed by atoms with E-state index in [4.69, 9.17) is 0 Å². The number of amides is 1. The molecule has 0 saturated heterocycles. The molecular formula is C16H20N2O. The monoisotopic (exact) mass is 256 g/mol. The number of aromatic nitrogens is 1.